The fourth-order valence-corrected chi connectivity index (χ4v) is 3.95. The third-order valence-electron chi connectivity index (χ3n) is 5.72. The summed E-state index contributed by atoms with van der Waals surface area (Å²) >= 11 is 0. The van der Waals surface area contributed by atoms with Gasteiger partial charge in [-0.1, -0.05) is 54.6 Å². The molecule has 3 N–H and O–H groups in total. The summed E-state index contributed by atoms with van der Waals surface area (Å²) in [6, 6.07) is 17.9. The molecular formula is C25H30N2O4. The van der Waals surface area contributed by atoms with Gasteiger partial charge in [0, 0.05) is 12.5 Å². The van der Waals surface area contributed by atoms with Crippen LogP contribution in [0.25, 0.3) is 11.1 Å². The molecule has 3 rings (SSSR count). The molecule has 31 heavy (non-hydrogen) atoms. The molecule has 0 bridgehead atoms. The number of hydrogen-bond donors (Lipinski definition) is 3. The molecule has 0 aromatic heterocycles. The molecule has 0 unspecified atom stereocenters. The van der Waals surface area contributed by atoms with Crippen LogP contribution < -0.4 is 10.6 Å². The van der Waals surface area contributed by atoms with Crippen molar-refractivity contribution in [1.29, 1.82) is 0 Å². The third kappa shape index (κ3) is 6.95. The summed E-state index contributed by atoms with van der Waals surface area (Å²) < 4.78 is 0. The van der Waals surface area contributed by atoms with Gasteiger partial charge in [-0.25, -0.2) is 0 Å². The lowest BCUT2D eigenvalue weighted by Gasteiger charge is -2.20. The number of amides is 2. The number of carboxylic acid groups (broad SMARTS) is 1. The molecule has 2 amide bonds. The SMILES string of the molecule is O=C(O)C[C@@H](CCCc1ccc(-c2ccccc2)cc1)C(=O)N[C@H]1CCCCNC1=O. The van der Waals surface area contributed by atoms with E-state index < -0.39 is 17.9 Å². The quantitative estimate of drug-likeness (QED) is 0.576. The normalized spacial score (nSPS) is 17.3. The molecule has 1 heterocycles. The van der Waals surface area contributed by atoms with Crippen molar-refractivity contribution in [1.82, 2.24) is 10.6 Å². The van der Waals surface area contributed by atoms with Gasteiger partial charge in [-0.3, -0.25) is 14.4 Å². The number of hydrogen-bond acceptors (Lipinski definition) is 3. The van der Waals surface area contributed by atoms with Crippen molar-refractivity contribution in [3.8, 4) is 11.1 Å². The average molecular weight is 423 g/mol. The van der Waals surface area contributed by atoms with E-state index in [1.807, 2.05) is 18.2 Å². The number of carboxylic acids is 1. The highest BCUT2D eigenvalue weighted by atomic mass is 16.4. The summed E-state index contributed by atoms with van der Waals surface area (Å²) in [4.78, 5) is 36.0. The second-order valence-electron chi connectivity index (χ2n) is 8.10. The van der Waals surface area contributed by atoms with E-state index >= 15 is 0 Å². The minimum Gasteiger partial charge on any atom is -0.481 e. The van der Waals surface area contributed by atoms with Gasteiger partial charge in [-0.05, 0) is 55.2 Å². The first-order valence-corrected chi connectivity index (χ1v) is 11.0. The molecule has 0 saturated carbocycles. The van der Waals surface area contributed by atoms with Crippen LogP contribution in [0.15, 0.2) is 54.6 Å². The third-order valence-corrected chi connectivity index (χ3v) is 5.72. The van der Waals surface area contributed by atoms with Crippen molar-refractivity contribution >= 4 is 17.8 Å². The van der Waals surface area contributed by atoms with Gasteiger partial charge in [0.15, 0.2) is 0 Å². The van der Waals surface area contributed by atoms with E-state index in [4.69, 9.17) is 0 Å². The lowest BCUT2D eigenvalue weighted by atomic mass is 9.94. The van der Waals surface area contributed by atoms with E-state index in [9.17, 15) is 19.5 Å². The van der Waals surface area contributed by atoms with Gasteiger partial charge in [0.25, 0.3) is 0 Å². The minimum atomic E-state index is -1.00. The van der Waals surface area contributed by atoms with E-state index in [1.165, 1.54) is 0 Å². The Balaban J connectivity index is 1.54. The summed E-state index contributed by atoms with van der Waals surface area (Å²) in [5.41, 5.74) is 3.46. The topological polar surface area (TPSA) is 95.5 Å². The van der Waals surface area contributed by atoms with Gasteiger partial charge in [-0.15, -0.1) is 0 Å². The number of benzene rings is 2. The molecule has 0 radical (unpaired) electrons. The Morgan fingerprint density at radius 2 is 1.74 bits per heavy atom. The maximum atomic E-state index is 12.7. The zero-order chi connectivity index (χ0) is 22.1. The number of nitrogens with one attached hydrogen (secondary N) is 2. The lowest BCUT2D eigenvalue weighted by Crippen LogP contribution is -2.47. The van der Waals surface area contributed by atoms with Crippen LogP contribution >= 0.6 is 0 Å². The van der Waals surface area contributed by atoms with Crippen molar-refractivity contribution in [2.75, 3.05) is 6.54 Å². The molecule has 0 spiro atoms. The summed E-state index contributed by atoms with van der Waals surface area (Å²) in [5.74, 6) is -2.17. The molecule has 1 saturated heterocycles. The Hall–Kier alpha value is -3.15. The van der Waals surface area contributed by atoms with Gasteiger partial charge in [-0.2, -0.15) is 0 Å². The van der Waals surface area contributed by atoms with Crippen molar-refractivity contribution in [3.63, 3.8) is 0 Å². The van der Waals surface area contributed by atoms with Gasteiger partial charge < -0.3 is 15.7 Å². The zero-order valence-electron chi connectivity index (χ0n) is 17.7. The molecule has 164 valence electrons. The van der Waals surface area contributed by atoms with Crippen molar-refractivity contribution in [3.05, 3.63) is 60.2 Å². The monoisotopic (exact) mass is 422 g/mol. The Kier molecular flexibility index (Phi) is 8.21. The van der Waals surface area contributed by atoms with Crippen LogP contribution in [0.2, 0.25) is 0 Å². The van der Waals surface area contributed by atoms with Crippen molar-refractivity contribution in [2.45, 2.75) is 51.0 Å². The number of aryl methyl sites for hydroxylation is 1. The molecule has 1 aliphatic heterocycles. The molecule has 2 aromatic carbocycles. The number of carbonyl (C=O) groups excluding carboxylic acids is 2. The van der Waals surface area contributed by atoms with Crippen LogP contribution in [0.1, 0.15) is 44.1 Å². The van der Waals surface area contributed by atoms with E-state index in [-0.39, 0.29) is 18.2 Å². The largest absolute Gasteiger partial charge is 0.481 e. The Morgan fingerprint density at radius 3 is 2.45 bits per heavy atom. The van der Waals surface area contributed by atoms with E-state index in [1.54, 1.807) is 0 Å². The predicted octanol–water partition coefficient (Wildman–Crippen LogP) is 3.55. The second-order valence-corrected chi connectivity index (χ2v) is 8.10. The first-order valence-electron chi connectivity index (χ1n) is 11.0. The standard InChI is InChI=1S/C25H30N2O4/c28-23(29)17-21(24(30)27-22-11-4-5-16-26-25(22)31)10-6-7-18-12-14-20(15-13-18)19-8-2-1-3-9-19/h1-3,8-9,12-15,21-22H,4-7,10-11,16-17H2,(H,26,31)(H,27,30)(H,28,29)/t21-,22+/m1/s1. The Labute approximate surface area is 183 Å². The molecule has 1 fully saturated rings. The Morgan fingerprint density at radius 1 is 1.03 bits per heavy atom. The molecule has 6 heteroatoms. The highest BCUT2D eigenvalue weighted by molar-refractivity contribution is 5.89. The molecule has 6 nitrogen and oxygen atoms in total. The van der Waals surface area contributed by atoms with Crippen molar-refractivity contribution in [2.24, 2.45) is 5.92 Å². The van der Waals surface area contributed by atoms with Crippen LogP contribution in [-0.2, 0) is 20.8 Å². The minimum absolute atomic E-state index is 0.182. The smallest absolute Gasteiger partial charge is 0.304 e. The first kappa shape index (κ1) is 22.5. The molecule has 1 aliphatic rings. The van der Waals surface area contributed by atoms with Crippen LogP contribution in [0.4, 0.5) is 0 Å². The maximum Gasteiger partial charge on any atom is 0.304 e. The summed E-state index contributed by atoms with van der Waals surface area (Å²) in [7, 11) is 0. The first-order chi connectivity index (χ1) is 15.0. The van der Waals surface area contributed by atoms with Crippen LogP contribution in [0.5, 0.6) is 0 Å². The van der Waals surface area contributed by atoms with E-state index in [0.717, 1.165) is 36.0 Å². The van der Waals surface area contributed by atoms with Gasteiger partial charge >= 0.3 is 5.97 Å². The zero-order valence-corrected chi connectivity index (χ0v) is 17.7. The molecule has 0 aliphatic carbocycles. The maximum absolute atomic E-state index is 12.7. The van der Waals surface area contributed by atoms with Crippen LogP contribution in [-0.4, -0.2) is 35.5 Å². The summed E-state index contributed by atoms with van der Waals surface area (Å²) in [6.07, 6.45) is 4.03. The van der Waals surface area contributed by atoms with Gasteiger partial charge in [0.05, 0.1) is 6.42 Å². The van der Waals surface area contributed by atoms with E-state index in [2.05, 4.69) is 47.0 Å². The molecular weight excluding hydrogens is 392 g/mol. The fraction of sp³-hybridized carbons (Fsp3) is 0.400. The second kappa shape index (κ2) is 11.3. The fourth-order valence-electron chi connectivity index (χ4n) is 3.95. The van der Waals surface area contributed by atoms with Crippen LogP contribution in [0.3, 0.4) is 0 Å². The number of aliphatic carboxylic acids is 1. The summed E-state index contributed by atoms with van der Waals surface area (Å²) in [5, 5.41) is 14.8. The highest BCUT2D eigenvalue weighted by Crippen LogP contribution is 2.21. The number of rotatable bonds is 9. The Bertz CT molecular complexity index is 880. The summed E-state index contributed by atoms with van der Waals surface area (Å²) in [6.45, 7) is 0.618. The lowest BCUT2D eigenvalue weighted by molar-refractivity contribution is -0.141. The van der Waals surface area contributed by atoms with E-state index in [0.29, 0.717) is 25.8 Å². The predicted molar refractivity (Wildman–Crippen MR) is 119 cm³/mol. The van der Waals surface area contributed by atoms with Crippen molar-refractivity contribution < 1.29 is 19.5 Å². The average Bonchev–Trinajstić information content (AvgIpc) is 2.98. The number of carbonyl (C=O) groups is 3. The molecule has 2 atom stereocenters. The van der Waals surface area contributed by atoms with Gasteiger partial charge in [0.1, 0.15) is 6.04 Å². The highest BCUT2D eigenvalue weighted by Gasteiger charge is 2.27. The van der Waals surface area contributed by atoms with Crippen LogP contribution in [0, 0.1) is 5.92 Å². The van der Waals surface area contributed by atoms with Gasteiger partial charge in [0.2, 0.25) is 11.8 Å². The molecule has 2 aromatic rings.